The van der Waals surface area contributed by atoms with Crippen molar-refractivity contribution in [3.8, 4) is 18.1 Å². The number of nitro benzene ring substituents is 1. The average Bonchev–Trinajstić information content (AvgIpc) is 2.32. The summed E-state index contributed by atoms with van der Waals surface area (Å²) in [5.41, 5.74) is -0.149. The van der Waals surface area contributed by atoms with E-state index < -0.39 is 10.8 Å². The number of nitrogens with zero attached hydrogens (tertiary/aromatic N) is 1. The number of terminal acetylenes is 1. The predicted molar refractivity (Wildman–Crippen MR) is 65.1 cm³/mol. The van der Waals surface area contributed by atoms with Crippen molar-refractivity contribution in [1.82, 2.24) is 5.32 Å². The number of carbonyl (C=O) groups is 1. The molecular weight excluding hydrogens is 238 g/mol. The highest BCUT2D eigenvalue weighted by Crippen LogP contribution is 2.27. The molecule has 7 nitrogen and oxygen atoms in total. The third-order valence-electron chi connectivity index (χ3n) is 1.98. The number of hydrogen-bond acceptors (Lipinski definition) is 5. The Morgan fingerprint density at radius 3 is 2.83 bits per heavy atom. The lowest BCUT2D eigenvalue weighted by Crippen LogP contribution is -2.28. The monoisotopic (exact) mass is 249 g/mol. The van der Waals surface area contributed by atoms with Crippen molar-refractivity contribution in [1.29, 1.82) is 0 Å². The zero-order valence-electron chi connectivity index (χ0n) is 9.34. The van der Waals surface area contributed by atoms with Crippen LogP contribution in [-0.4, -0.2) is 29.0 Å². The first-order valence-corrected chi connectivity index (χ1v) is 4.96. The second-order valence-electron chi connectivity index (χ2n) is 3.31. The molecule has 0 atom stereocenters. The van der Waals surface area contributed by atoms with Gasteiger partial charge in [0, 0.05) is 6.07 Å². The summed E-state index contributed by atoms with van der Waals surface area (Å²) in [6.07, 6.45) is 4.99. The predicted octanol–water partition coefficient (Wildman–Crippen LogP) is 0.462. The third-order valence-corrected chi connectivity index (χ3v) is 1.98. The Morgan fingerprint density at radius 1 is 1.56 bits per heavy atom. The number of rotatable bonds is 5. The number of carbonyl (C=O) groups excluding carboxylic acids is 1. The number of phenolic OH excluding ortho intramolecular Hbond substituents is 1. The molecule has 1 amide bonds. The van der Waals surface area contributed by atoms with E-state index in [1.807, 2.05) is 0 Å². The highest BCUT2D eigenvalue weighted by atomic mass is 16.6. The number of amides is 1. The van der Waals surface area contributed by atoms with Crippen molar-refractivity contribution in [2.75, 3.05) is 18.4 Å². The molecule has 0 saturated heterocycles. The maximum Gasteiger partial charge on any atom is 0.273 e. The first-order chi connectivity index (χ1) is 8.54. The second kappa shape index (κ2) is 6.22. The van der Waals surface area contributed by atoms with Gasteiger partial charge in [-0.2, -0.15) is 0 Å². The summed E-state index contributed by atoms with van der Waals surface area (Å²) in [6, 6.07) is 3.40. The van der Waals surface area contributed by atoms with Gasteiger partial charge in [-0.15, -0.1) is 6.42 Å². The number of nitro groups is 1. The average molecular weight is 249 g/mol. The van der Waals surface area contributed by atoms with Gasteiger partial charge in [-0.05, 0) is 6.07 Å². The van der Waals surface area contributed by atoms with E-state index in [2.05, 4.69) is 16.6 Å². The molecule has 0 fully saturated rings. The Hall–Kier alpha value is -2.59. The molecule has 0 aliphatic carbocycles. The third kappa shape index (κ3) is 3.77. The van der Waals surface area contributed by atoms with Crippen molar-refractivity contribution < 1.29 is 14.8 Å². The molecule has 0 radical (unpaired) electrons. The maximum absolute atomic E-state index is 11.4. The van der Waals surface area contributed by atoms with Gasteiger partial charge in [0.2, 0.25) is 5.91 Å². The SMILES string of the molecule is C#CCNCC(=O)Nc1ccc([N+](=O)[O-])cc1O. The number of aromatic hydroxyl groups is 1. The topological polar surface area (TPSA) is 104 Å². The van der Waals surface area contributed by atoms with E-state index in [0.717, 1.165) is 6.07 Å². The highest BCUT2D eigenvalue weighted by molar-refractivity contribution is 5.93. The minimum atomic E-state index is -0.639. The van der Waals surface area contributed by atoms with Gasteiger partial charge in [-0.3, -0.25) is 20.2 Å². The van der Waals surface area contributed by atoms with Crippen molar-refractivity contribution in [2.45, 2.75) is 0 Å². The van der Waals surface area contributed by atoms with Gasteiger partial charge in [-0.1, -0.05) is 5.92 Å². The highest BCUT2D eigenvalue weighted by Gasteiger charge is 2.11. The molecule has 3 N–H and O–H groups in total. The first kappa shape index (κ1) is 13.5. The molecule has 0 aliphatic rings. The zero-order valence-corrected chi connectivity index (χ0v) is 9.34. The van der Waals surface area contributed by atoms with Crippen LogP contribution in [0.15, 0.2) is 18.2 Å². The molecule has 0 aromatic heterocycles. The summed E-state index contributed by atoms with van der Waals surface area (Å²) in [7, 11) is 0. The Bertz CT molecular complexity index is 508. The molecule has 7 heteroatoms. The minimum Gasteiger partial charge on any atom is -0.506 e. The van der Waals surface area contributed by atoms with Crippen LogP contribution in [0.25, 0.3) is 0 Å². The summed E-state index contributed by atoms with van der Waals surface area (Å²) in [5, 5.41) is 25.0. The quantitative estimate of drug-likeness (QED) is 0.231. The Kier molecular flexibility index (Phi) is 4.66. The fourth-order valence-electron chi connectivity index (χ4n) is 1.18. The van der Waals surface area contributed by atoms with Gasteiger partial charge in [0.1, 0.15) is 5.75 Å². The summed E-state index contributed by atoms with van der Waals surface area (Å²) < 4.78 is 0. The van der Waals surface area contributed by atoms with Crippen LogP contribution in [0, 0.1) is 22.5 Å². The van der Waals surface area contributed by atoms with E-state index in [1.165, 1.54) is 12.1 Å². The molecular formula is C11H11N3O4. The van der Waals surface area contributed by atoms with Crippen molar-refractivity contribution in [3.05, 3.63) is 28.3 Å². The number of non-ortho nitro benzene ring substituents is 1. The van der Waals surface area contributed by atoms with Crippen LogP contribution in [-0.2, 0) is 4.79 Å². The van der Waals surface area contributed by atoms with Crippen LogP contribution in [0.5, 0.6) is 5.75 Å². The van der Waals surface area contributed by atoms with Gasteiger partial charge < -0.3 is 10.4 Å². The molecule has 18 heavy (non-hydrogen) atoms. The van der Waals surface area contributed by atoms with E-state index in [-0.39, 0.29) is 30.2 Å². The Morgan fingerprint density at radius 2 is 2.28 bits per heavy atom. The van der Waals surface area contributed by atoms with Crippen LogP contribution in [0.2, 0.25) is 0 Å². The normalized spacial score (nSPS) is 9.50. The number of nitrogens with one attached hydrogen (secondary N) is 2. The summed E-state index contributed by atoms with van der Waals surface area (Å²) >= 11 is 0. The van der Waals surface area contributed by atoms with Crippen LogP contribution in [0.3, 0.4) is 0 Å². The van der Waals surface area contributed by atoms with Gasteiger partial charge in [0.15, 0.2) is 0 Å². The van der Waals surface area contributed by atoms with E-state index in [9.17, 15) is 20.0 Å². The lowest BCUT2D eigenvalue weighted by atomic mass is 10.2. The van der Waals surface area contributed by atoms with Gasteiger partial charge in [0.25, 0.3) is 5.69 Å². The molecule has 0 saturated carbocycles. The fourth-order valence-corrected chi connectivity index (χ4v) is 1.18. The Balaban J connectivity index is 2.65. The second-order valence-corrected chi connectivity index (χ2v) is 3.31. The van der Waals surface area contributed by atoms with Crippen molar-refractivity contribution in [3.63, 3.8) is 0 Å². The number of phenols is 1. The number of anilines is 1. The first-order valence-electron chi connectivity index (χ1n) is 4.96. The van der Waals surface area contributed by atoms with Crippen LogP contribution < -0.4 is 10.6 Å². The zero-order chi connectivity index (χ0) is 13.5. The minimum absolute atomic E-state index is 0.0133. The van der Waals surface area contributed by atoms with Gasteiger partial charge >= 0.3 is 0 Å². The standard InChI is InChI=1S/C11H11N3O4/c1-2-5-12-7-11(16)13-9-4-3-8(14(17)18)6-10(9)15/h1,3-4,6,12,15H,5,7H2,(H,13,16). The van der Waals surface area contributed by atoms with Crippen LogP contribution in [0.4, 0.5) is 11.4 Å². The number of hydrogen-bond donors (Lipinski definition) is 3. The maximum atomic E-state index is 11.4. The molecule has 0 bridgehead atoms. The molecule has 0 aliphatic heterocycles. The van der Waals surface area contributed by atoms with E-state index in [0.29, 0.717) is 0 Å². The summed E-state index contributed by atoms with van der Waals surface area (Å²) in [5.74, 6) is 1.53. The van der Waals surface area contributed by atoms with E-state index in [4.69, 9.17) is 6.42 Å². The van der Waals surface area contributed by atoms with E-state index in [1.54, 1.807) is 0 Å². The van der Waals surface area contributed by atoms with Crippen molar-refractivity contribution in [2.24, 2.45) is 0 Å². The molecule has 94 valence electrons. The summed E-state index contributed by atoms with van der Waals surface area (Å²) in [4.78, 5) is 21.2. The molecule has 1 aromatic carbocycles. The molecule has 0 unspecified atom stereocenters. The molecule has 1 rings (SSSR count). The smallest absolute Gasteiger partial charge is 0.273 e. The summed E-state index contributed by atoms with van der Waals surface area (Å²) in [6.45, 7) is 0.236. The molecule has 0 spiro atoms. The van der Waals surface area contributed by atoms with Crippen LogP contribution in [0.1, 0.15) is 0 Å². The van der Waals surface area contributed by atoms with Gasteiger partial charge in [0.05, 0.1) is 29.8 Å². The number of benzene rings is 1. The van der Waals surface area contributed by atoms with E-state index >= 15 is 0 Å². The molecule has 1 aromatic rings. The van der Waals surface area contributed by atoms with Gasteiger partial charge in [-0.25, -0.2) is 0 Å². The lowest BCUT2D eigenvalue weighted by Gasteiger charge is -2.06. The molecule has 0 heterocycles. The van der Waals surface area contributed by atoms with Crippen LogP contribution >= 0.6 is 0 Å². The lowest BCUT2D eigenvalue weighted by molar-refractivity contribution is -0.384. The Labute approximate surface area is 103 Å². The fraction of sp³-hybridized carbons (Fsp3) is 0.182. The largest absolute Gasteiger partial charge is 0.506 e. The van der Waals surface area contributed by atoms with Crippen molar-refractivity contribution >= 4 is 17.3 Å².